The standard InChI is InChI=1S/C18H30N4O.HI/c1-19-18(20-14-17(21(2)3)15-10-11-15)22(4)12-13-23-16-8-6-5-7-9-16;/h5-9,15,17H,10-14H2,1-4H3,(H,19,20);1H. The average Bonchev–Trinajstić information content (AvgIpc) is 3.37. The molecular formula is C18H31IN4O. The van der Waals surface area contributed by atoms with E-state index in [1.54, 1.807) is 0 Å². The van der Waals surface area contributed by atoms with Crippen molar-refractivity contribution in [3.63, 3.8) is 0 Å². The van der Waals surface area contributed by atoms with Gasteiger partial charge in [-0.1, -0.05) is 18.2 Å². The topological polar surface area (TPSA) is 40.1 Å². The predicted molar refractivity (Wildman–Crippen MR) is 112 cm³/mol. The second kappa shape index (κ2) is 10.8. The van der Waals surface area contributed by atoms with Gasteiger partial charge in [-0.2, -0.15) is 0 Å². The van der Waals surface area contributed by atoms with E-state index in [0.717, 1.165) is 30.7 Å². The average molecular weight is 446 g/mol. The SMILES string of the molecule is CN=C(NCC(C1CC1)N(C)C)N(C)CCOc1ccccc1.I. The number of guanidine groups is 1. The number of rotatable bonds is 8. The minimum absolute atomic E-state index is 0. The Labute approximate surface area is 163 Å². The van der Waals surface area contributed by atoms with Gasteiger partial charge in [0, 0.05) is 26.7 Å². The van der Waals surface area contributed by atoms with Gasteiger partial charge >= 0.3 is 0 Å². The Balaban J connectivity index is 0.00000288. The second-order valence-corrected chi connectivity index (χ2v) is 6.38. The van der Waals surface area contributed by atoms with Crippen LogP contribution in [0, 0.1) is 5.92 Å². The summed E-state index contributed by atoms with van der Waals surface area (Å²) in [5, 5.41) is 3.50. The molecule has 1 aliphatic rings. The summed E-state index contributed by atoms with van der Waals surface area (Å²) in [6.07, 6.45) is 2.70. The molecule has 0 radical (unpaired) electrons. The Morgan fingerprint density at radius 3 is 2.46 bits per heavy atom. The molecule has 1 aromatic carbocycles. The summed E-state index contributed by atoms with van der Waals surface area (Å²) in [6, 6.07) is 10.5. The number of ether oxygens (including phenoxy) is 1. The molecule has 0 bridgehead atoms. The maximum absolute atomic E-state index is 5.75. The van der Waals surface area contributed by atoms with Crippen molar-refractivity contribution in [3.05, 3.63) is 30.3 Å². The smallest absolute Gasteiger partial charge is 0.193 e. The number of hydrogen-bond donors (Lipinski definition) is 1. The van der Waals surface area contributed by atoms with Crippen molar-refractivity contribution in [1.82, 2.24) is 15.1 Å². The summed E-state index contributed by atoms with van der Waals surface area (Å²) in [4.78, 5) is 8.81. The molecular weight excluding hydrogens is 415 g/mol. The van der Waals surface area contributed by atoms with E-state index in [4.69, 9.17) is 4.74 Å². The van der Waals surface area contributed by atoms with Crippen molar-refractivity contribution in [2.45, 2.75) is 18.9 Å². The number of aliphatic imine (C=N–C) groups is 1. The van der Waals surface area contributed by atoms with Crippen molar-refractivity contribution in [2.75, 3.05) is 47.9 Å². The molecule has 1 fully saturated rings. The van der Waals surface area contributed by atoms with Crippen molar-refractivity contribution in [2.24, 2.45) is 10.9 Å². The molecule has 136 valence electrons. The first kappa shape index (κ1) is 21.0. The Morgan fingerprint density at radius 2 is 1.92 bits per heavy atom. The van der Waals surface area contributed by atoms with E-state index in [9.17, 15) is 0 Å². The van der Waals surface area contributed by atoms with E-state index in [0.29, 0.717) is 12.6 Å². The van der Waals surface area contributed by atoms with Gasteiger partial charge in [0.15, 0.2) is 5.96 Å². The normalized spacial score (nSPS) is 15.6. The third kappa shape index (κ3) is 6.84. The molecule has 2 rings (SSSR count). The number of halogens is 1. The van der Waals surface area contributed by atoms with E-state index in [1.807, 2.05) is 44.4 Å². The molecule has 6 heteroatoms. The van der Waals surface area contributed by atoms with Crippen molar-refractivity contribution < 1.29 is 4.74 Å². The molecule has 1 atom stereocenters. The van der Waals surface area contributed by atoms with Gasteiger partial charge in [0.1, 0.15) is 12.4 Å². The fraction of sp³-hybridized carbons (Fsp3) is 0.611. The van der Waals surface area contributed by atoms with Crippen LogP contribution in [0.4, 0.5) is 0 Å². The highest BCUT2D eigenvalue weighted by molar-refractivity contribution is 14.0. The first-order chi connectivity index (χ1) is 11.1. The number of benzene rings is 1. The van der Waals surface area contributed by atoms with Crippen LogP contribution in [0.1, 0.15) is 12.8 Å². The summed E-state index contributed by atoms with van der Waals surface area (Å²) in [5.41, 5.74) is 0. The summed E-state index contributed by atoms with van der Waals surface area (Å²) >= 11 is 0. The van der Waals surface area contributed by atoms with Gasteiger partial charge in [-0.05, 0) is 45.0 Å². The lowest BCUT2D eigenvalue weighted by Crippen LogP contribution is -2.47. The quantitative estimate of drug-likeness (QED) is 0.379. The summed E-state index contributed by atoms with van der Waals surface area (Å²) in [7, 11) is 8.19. The molecule has 0 amide bonds. The van der Waals surface area contributed by atoms with E-state index < -0.39 is 0 Å². The van der Waals surface area contributed by atoms with Gasteiger partial charge in [-0.25, -0.2) is 0 Å². The van der Waals surface area contributed by atoms with Crippen molar-refractivity contribution >= 4 is 29.9 Å². The number of nitrogens with zero attached hydrogens (tertiary/aromatic N) is 3. The van der Waals surface area contributed by atoms with Crippen LogP contribution in [0.25, 0.3) is 0 Å². The van der Waals surface area contributed by atoms with Crippen LogP contribution in [0.5, 0.6) is 5.75 Å². The van der Waals surface area contributed by atoms with Gasteiger partial charge in [-0.15, -0.1) is 24.0 Å². The molecule has 1 saturated carbocycles. The number of likely N-dealkylation sites (N-methyl/N-ethyl adjacent to an activating group) is 2. The first-order valence-corrected chi connectivity index (χ1v) is 8.38. The van der Waals surface area contributed by atoms with Gasteiger partial charge in [0.25, 0.3) is 0 Å². The molecule has 5 nitrogen and oxygen atoms in total. The zero-order chi connectivity index (χ0) is 16.7. The van der Waals surface area contributed by atoms with Gasteiger partial charge in [0.05, 0.1) is 6.54 Å². The Hall–Kier alpha value is -1.02. The minimum atomic E-state index is 0. The molecule has 0 aromatic heterocycles. The molecule has 0 spiro atoms. The van der Waals surface area contributed by atoms with Gasteiger partial charge in [0.2, 0.25) is 0 Å². The van der Waals surface area contributed by atoms with E-state index in [-0.39, 0.29) is 24.0 Å². The zero-order valence-electron chi connectivity index (χ0n) is 15.2. The Kier molecular flexibility index (Phi) is 9.43. The van der Waals surface area contributed by atoms with E-state index in [2.05, 4.69) is 34.2 Å². The number of nitrogens with one attached hydrogen (secondary N) is 1. The van der Waals surface area contributed by atoms with Crippen LogP contribution in [-0.2, 0) is 0 Å². The number of hydrogen-bond acceptors (Lipinski definition) is 3. The first-order valence-electron chi connectivity index (χ1n) is 8.38. The lowest BCUT2D eigenvalue weighted by atomic mass is 10.1. The molecule has 24 heavy (non-hydrogen) atoms. The molecule has 0 aliphatic heterocycles. The van der Waals surface area contributed by atoms with Gasteiger partial charge in [-0.3, -0.25) is 4.99 Å². The summed E-state index contributed by atoms with van der Waals surface area (Å²) in [6.45, 7) is 2.37. The highest BCUT2D eigenvalue weighted by Crippen LogP contribution is 2.34. The Morgan fingerprint density at radius 1 is 1.25 bits per heavy atom. The van der Waals surface area contributed by atoms with E-state index >= 15 is 0 Å². The van der Waals surface area contributed by atoms with Crippen LogP contribution >= 0.6 is 24.0 Å². The molecule has 1 aliphatic carbocycles. The van der Waals surface area contributed by atoms with Crippen molar-refractivity contribution in [3.8, 4) is 5.75 Å². The van der Waals surface area contributed by atoms with Crippen molar-refractivity contribution in [1.29, 1.82) is 0 Å². The van der Waals surface area contributed by atoms with Crippen LogP contribution in [0.2, 0.25) is 0 Å². The third-order valence-electron chi connectivity index (χ3n) is 4.31. The highest BCUT2D eigenvalue weighted by Gasteiger charge is 2.32. The fourth-order valence-electron chi connectivity index (χ4n) is 2.76. The Bertz CT molecular complexity index is 489. The molecule has 0 saturated heterocycles. The highest BCUT2D eigenvalue weighted by atomic mass is 127. The van der Waals surface area contributed by atoms with Crippen LogP contribution in [0.3, 0.4) is 0 Å². The molecule has 1 N–H and O–H groups in total. The monoisotopic (exact) mass is 446 g/mol. The van der Waals surface area contributed by atoms with Crippen LogP contribution in [0.15, 0.2) is 35.3 Å². The van der Waals surface area contributed by atoms with E-state index in [1.165, 1.54) is 12.8 Å². The minimum Gasteiger partial charge on any atom is -0.492 e. The second-order valence-electron chi connectivity index (χ2n) is 6.38. The molecule has 0 heterocycles. The zero-order valence-corrected chi connectivity index (χ0v) is 17.6. The molecule has 1 unspecified atom stereocenters. The third-order valence-corrected chi connectivity index (χ3v) is 4.31. The number of para-hydroxylation sites is 1. The van der Waals surface area contributed by atoms with Crippen LogP contribution in [-0.4, -0.2) is 69.7 Å². The summed E-state index contributed by atoms with van der Waals surface area (Å²) in [5.74, 6) is 2.67. The van der Waals surface area contributed by atoms with Gasteiger partial charge < -0.3 is 19.9 Å². The lowest BCUT2D eigenvalue weighted by molar-refractivity contribution is 0.257. The maximum Gasteiger partial charge on any atom is 0.193 e. The summed E-state index contributed by atoms with van der Waals surface area (Å²) < 4.78 is 5.75. The maximum atomic E-state index is 5.75. The lowest BCUT2D eigenvalue weighted by Gasteiger charge is -2.28. The fourth-order valence-corrected chi connectivity index (χ4v) is 2.76. The molecule has 1 aromatic rings. The predicted octanol–water partition coefficient (Wildman–Crippen LogP) is 2.53. The largest absolute Gasteiger partial charge is 0.492 e. The van der Waals surface area contributed by atoms with Crippen LogP contribution < -0.4 is 10.1 Å².